The zero-order valence-corrected chi connectivity index (χ0v) is 34.2. The average molecular weight is 805 g/mol. The highest BCUT2D eigenvalue weighted by molar-refractivity contribution is 7.01. The molecule has 0 saturated carbocycles. The van der Waals surface area contributed by atoms with E-state index in [9.17, 15) is 0 Å². The molecule has 2 heterocycles. The standard InChI is InChI=1S/C58H37BN2O2/c1-3-22-40(23-4-1)60(48-32-15-20-38-18-7-9-26-42(38)48)50-36-54-56(46-30-13-11-28-44(46)50)59-57-47-31-14-12-29-45(47)51(37-55(57)63-53-35-17-34-52(62-54)58(53)59)61(41-24-5-2-6-25-41)49-33-16-21-39-19-8-10-27-43(39)49/h1-37H. The van der Waals surface area contributed by atoms with Crippen molar-refractivity contribution >= 4 is 100 Å². The summed E-state index contributed by atoms with van der Waals surface area (Å²) >= 11 is 0. The van der Waals surface area contributed by atoms with Crippen molar-refractivity contribution in [3.05, 3.63) is 224 Å². The summed E-state index contributed by atoms with van der Waals surface area (Å²) in [7, 11) is 0. The molecule has 0 fully saturated rings. The molecule has 0 atom stereocenters. The van der Waals surface area contributed by atoms with E-state index < -0.39 is 0 Å². The second kappa shape index (κ2) is 14.2. The van der Waals surface area contributed by atoms with Gasteiger partial charge < -0.3 is 19.3 Å². The monoisotopic (exact) mass is 804 g/mol. The maximum atomic E-state index is 7.11. The maximum absolute atomic E-state index is 7.11. The number of fused-ring (bicyclic) bond motifs is 10. The fourth-order valence-electron chi connectivity index (χ4n) is 10.3. The molecule has 11 aromatic carbocycles. The number of ether oxygens (including phenoxy) is 2. The van der Waals surface area contributed by atoms with Gasteiger partial charge in [-0.3, -0.25) is 0 Å². The number of nitrogens with zero attached hydrogens (tertiary/aromatic N) is 2. The van der Waals surface area contributed by atoms with E-state index in [2.05, 4.69) is 228 Å². The Balaban J connectivity index is 1.08. The van der Waals surface area contributed by atoms with Gasteiger partial charge in [-0.05, 0) is 81.0 Å². The molecule has 13 rings (SSSR count). The summed E-state index contributed by atoms with van der Waals surface area (Å²) in [6.07, 6.45) is 0. The molecular formula is C58H37BN2O2. The fraction of sp³-hybridized carbons (Fsp3) is 0. The Morgan fingerprint density at radius 1 is 0.270 bits per heavy atom. The molecule has 0 amide bonds. The second-order valence-electron chi connectivity index (χ2n) is 16.3. The lowest BCUT2D eigenvalue weighted by Gasteiger charge is -2.37. The molecule has 2 aliphatic heterocycles. The smallest absolute Gasteiger partial charge is 0.262 e. The molecule has 0 unspecified atom stereocenters. The molecule has 0 aromatic heterocycles. The third kappa shape index (κ3) is 5.50. The van der Waals surface area contributed by atoms with Gasteiger partial charge in [-0.15, -0.1) is 0 Å². The highest BCUT2D eigenvalue weighted by Crippen LogP contribution is 2.48. The highest BCUT2D eigenvalue weighted by Gasteiger charge is 2.43. The molecule has 4 nitrogen and oxygen atoms in total. The highest BCUT2D eigenvalue weighted by atomic mass is 16.5. The van der Waals surface area contributed by atoms with Crippen molar-refractivity contribution in [3.8, 4) is 23.0 Å². The van der Waals surface area contributed by atoms with Crippen molar-refractivity contribution in [1.29, 1.82) is 0 Å². The lowest BCUT2D eigenvalue weighted by atomic mass is 9.33. The van der Waals surface area contributed by atoms with Crippen molar-refractivity contribution in [2.45, 2.75) is 0 Å². The summed E-state index contributed by atoms with van der Waals surface area (Å²) in [5.74, 6) is 3.29. The Hall–Kier alpha value is -8.28. The van der Waals surface area contributed by atoms with Crippen molar-refractivity contribution < 1.29 is 9.47 Å². The number of rotatable bonds is 6. The Bertz CT molecular complexity index is 3370. The molecule has 0 spiro atoms. The SMILES string of the molecule is c1ccc(N(c2cccc3ccccc23)c2cc3c(c4ccccc24)B2c4c(cccc4Oc4cc(N(c5ccccc5)c5cccc6ccccc56)c5ccccc5c42)O3)cc1. The van der Waals surface area contributed by atoms with Gasteiger partial charge in [0, 0.05) is 50.5 Å². The molecule has 0 aliphatic carbocycles. The zero-order chi connectivity index (χ0) is 41.4. The van der Waals surface area contributed by atoms with Crippen LogP contribution in [0, 0.1) is 0 Å². The van der Waals surface area contributed by atoms with Gasteiger partial charge in [0.05, 0.1) is 22.7 Å². The minimum Gasteiger partial charge on any atom is -0.458 e. The van der Waals surface area contributed by atoms with Gasteiger partial charge >= 0.3 is 0 Å². The first-order chi connectivity index (χ1) is 31.3. The van der Waals surface area contributed by atoms with Crippen LogP contribution in [-0.2, 0) is 0 Å². The van der Waals surface area contributed by atoms with Crippen LogP contribution in [0.25, 0.3) is 43.1 Å². The van der Waals surface area contributed by atoms with Crippen LogP contribution in [0.2, 0.25) is 0 Å². The van der Waals surface area contributed by atoms with Gasteiger partial charge in [0.1, 0.15) is 23.0 Å². The van der Waals surface area contributed by atoms with Crippen LogP contribution in [0.1, 0.15) is 0 Å². The summed E-state index contributed by atoms with van der Waals surface area (Å²) in [5, 5.41) is 9.28. The van der Waals surface area contributed by atoms with Crippen LogP contribution in [0.15, 0.2) is 224 Å². The van der Waals surface area contributed by atoms with E-state index in [4.69, 9.17) is 9.47 Å². The first-order valence-electron chi connectivity index (χ1n) is 21.5. The van der Waals surface area contributed by atoms with E-state index in [1.165, 1.54) is 21.5 Å². The first kappa shape index (κ1) is 35.5. The second-order valence-corrected chi connectivity index (χ2v) is 16.3. The Kier molecular flexibility index (Phi) is 7.97. The van der Waals surface area contributed by atoms with E-state index in [1.807, 2.05) is 6.07 Å². The third-order valence-electron chi connectivity index (χ3n) is 12.9. The van der Waals surface area contributed by atoms with E-state index in [0.717, 1.165) is 95.1 Å². The molecule has 2 aliphatic rings. The summed E-state index contributed by atoms with van der Waals surface area (Å²) in [5.41, 5.74) is 9.77. The molecule has 0 saturated heterocycles. The molecule has 0 radical (unpaired) electrons. The lowest BCUT2D eigenvalue weighted by molar-refractivity contribution is 0.465. The number of anilines is 6. The summed E-state index contributed by atoms with van der Waals surface area (Å²) in [4.78, 5) is 4.79. The predicted octanol–water partition coefficient (Wildman–Crippen LogP) is 14.0. The molecule has 5 heteroatoms. The van der Waals surface area contributed by atoms with Crippen LogP contribution in [0.3, 0.4) is 0 Å². The third-order valence-corrected chi connectivity index (χ3v) is 12.9. The predicted molar refractivity (Wildman–Crippen MR) is 264 cm³/mol. The first-order valence-corrected chi connectivity index (χ1v) is 21.5. The van der Waals surface area contributed by atoms with Gasteiger partial charge in [0.2, 0.25) is 0 Å². The Labute approximate surface area is 365 Å². The van der Waals surface area contributed by atoms with E-state index in [1.54, 1.807) is 0 Å². The molecular weight excluding hydrogens is 767 g/mol. The van der Waals surface area contributed by atoms with Crippen molar-refractivity contribution in [1.82, 2.24) is 0 Å². The normalized spacial score (nSPS) is 12.3. The molecule has 63 heavy (non-hydrogen) atoms. The Morgan fingerprint density at radius 3 is 1.10 bits per heavy atom. The van der Waals surface area contributed by atoms with E-state index in [0.29, 0.717) is 0 Å². The van der Waals surface area contributed by atoms with Gasteiger partial charge in [0.25, 0.3) is 6.71 Å². The van der Waals surface area contributed by atoms with Crippen molar-refractivity contribution in [2.24, 2.45) is 0 Å². The molecule has 11 aromatic rings. The number of hydrogen-bond donors (Lipinski definition) is 0. The maximum Gasteiger partial charge on any atom is 0.262 e. The molecule has 0 bridgehead atoms. The van der Waals surface area contributed by atoms with Gasteiger partial charge in [-0.2, -0.15) is 0 Å². The zero-order valence-electron chi connectivity index (χ0n) is 34.2. The Morgan fingerprint density at radius 2 is 0.635 bits per heavy atom. The number of para-hydroxylation sites is 2. The van der Waals surface area contributed by atoms with E-state index >= 15 is 0 Å². The van der Waals surface area contributed by atoms with Gasteiger partial charge in [-0.1, -0.05) is 164 Å². The van der Waals surface area contributed by atoms with Crippen molar-refractivity contribution in [2.75, 3.05) is 9.80 Å². The minimum absolute atomic E-state index is 0.174. The van der Waals surface area contributed by atoms with Gasteiger partial charge in [0.15, 0.2) is 0 Å². The average Bonchev–Trinajstić information content (AvgIpc) is 3.35. The minimum atomic E-state index is -0.174. The largest absolute Gasteiger partial charge is 0.458 e. The molecule has 0 N–H and O–H groups in total. The molecule has 294 valence electrons. The number of hydrogen-bond acceptors (Lipinski definition) is 4. The summed E-state index contributed by atoms with van der Waals surface area (Å²) in [6.45, 7) is -0.174. The summed E-state index contributed by atoms with van der Waals surface area (Å²) < 4.78 is 14.2. The fourth-order valence-corrected chi connectivity index (χ4v) is 10.3. The topological polar surface area (TPSA) is 24.9 Å². The number of benzene rings is 11. The van der Waals surface area contributed by atoms with Crippen LogP contribution >= 0.6 is 0 Å². The van der Waals surface area contributed by atoms with Crippen LogP contribution in [0.4, 0.5) is 34.1 Å². The lowest BCUT2D eigenvalue weighted by Crippen LogP contribution is -2.58. The summed E-state index contributed by atoms with van der Waals surface area (Å²) in [6, 6.07) is 80.2. The van der Waals surface area contributed by atoms with Gasteiger partial charge in [-0.25, -0.2) is 0 Å². The van der Waals surface area contributed by atoms with E-state index in [-0.39, 0.29) is 6.71 Å². The van der Waals surface area contributed by atoms with Crippen LogP contribution in [0.5, 0.6) is 23.0 Å². The van der Waals surface area contributed by atoms with Crippen LogP contribution in [-0.4, -0.2) is 6.71 Å². The van der Waals surface area contributed by atoms with Crippen LogP contribution < -0.4 is 35.7 Å². The van der Waals surface area contributed by atoms with Crippen molar-refractivity contribution in [3.63, 3.8) is 0 Å². The quantitative estimate of drug-likeness (QED) is 0.156.